The Morgan fingerprint density at radius 1 is 1.39 bits per heavy atom. The van der Waals surface area contributed by atoms with Gasteiger partial charge in [-0.3, -0.25) is 9.80 Å². The molecule has 0 unspecified atom stereocenters. The Kier molecular flexibility index (Phi) is 3.37. The van der Waals surface area contributed by atoms with E-state index >= 15 is 0 Å². The summed E-state index contributed by atoms with van der Waals surface area (Å²) in [6.45, 7) is 0.638. The molecule has 2 heterocycles. The predicted octanol–water partition coefficient (Wildman–Crippen LogP) is -0.761. The number of rotatable bonds is 2. The van der Waals surface area contributed by atoms with E-state index in [1.165, 1.54) is 10.0 Å². The van der Waals surface area contributed by atoms with Crippen molar-refractivity contribution in [2.75, 3.05) is 20.1 Å². The lowest BCUT2D eigenvalue weighted by molar-refractivity contribution is -0.162. The minimum atomic E-state index is -1.08. The topological polar surface area (TPSA) is 93.2 Å². The average Bonchev–Trinajstić information content (AvgIpc) is 2.48. The Labute approximate surface area is 104 Å². The Bertz CT molecular complexity index is 386. The summed E-state index contributed by atoms with van der Waals surface area (Å²) in [4.78, 5) is 35.3. The van der Waals surface area contributed by atoms with Crippen molar-refractivity contribution in [3.8, 4) is 0 Å². The second-order valence-corrected chi connectivity index (χ2v) is 4.27. The van der Waals surface area contributed by atoms with E-state index in [9.17, 15) is 14.4 Å². The molecule has 0 aromatic rings. The van der Waals surface area contributed by atoms with Crippen LogP contribution < -0.4 is 5.43 Å². The molecule has 0 spiro atoms. The van der Waals surface area contributed by atoms with Gasteiger partial charge in [0.1, 0.15) is 0 Å². The first kappa shape index (κ1) is 12.6. The first-order chi connectivity index (χ1) is 8.56. The number of carboxylic acids is 1. The highest BCUT2D eigenvalue weighted by atomic mass is 16.4. The van der Waals surface area contributed by atoms with E-state index in [1.807, 2.05) is 0 Å². The van der Waals surface area contributed by atoms with Crippen LogP contribution in [0.15, 0.2) is 0 Å². The van der Waals surface area contributed by atoms with Crippen molar-refractivity contribution < 1.29 is 19.5 Å². The van der Waals surface area contributed by atoms with Crippen LogP contribution in [0.3, 0.4) is 0 Å². The molecule has 0 bridgehead atoms. The Balaban J connectivity index is 2.34. The van der Waals surface area contributed by atoms with Crippen LogP contribution in [-0.2, 0) is 9.59 Å². The van der Waals surface area contributed by atoms with Crippen LogP contribution in [0.5, 0.6) is 0 Å². The second kappa shape index (κ2) is 4.81. The highest BCUT2D eigenvalue weighted by Crippen LogP contribution is 2.23. The van der Waals surface area contributed by atoms with Gasteiger partial charge in [-0.05, 0) is 12.8 Å². The summed E-state index contributed by atoms with van der Waals surface area (Å²) >= 11 is 0. The molecule has 2 aliphatic heterocycles. The van der Waals surface area contributed by atoms with Crippen LogP contribution in [-0.4, -0.2) is 64.2 Å². The smallest absolute Gasteiger partial charge is 0.354 e. The number of urea groups is 1. The van der Waals surface area contributed by atoms with Crippen molar-refractivity contribution in [1.29, 1.82) is 0 Å². The van der Waals surface area contributed by atoms with Crippen LogP contribution in [0.4, 0.5) is 4.79 Å². The van der Waals surface area contributed by atoms with E-state index < -0.39 is 18.0 Å². The molecule has 8 nitrogen and oxygen atoms in total. The summed E-state index contributed by atoms with van der Waals surface area (Å²) in [7, 11) is 1.57. The average molecular weight is 256 g/mol. The highest BCUT2D eigenvalue weighted by Gasteiger charge is 2.43. The molecule has 2 aliphatic rings. The molecule has 0 saturated carbocycles. The van der Waals surface area contributed by atoms with Gasteiger partial charge in [-0.2, -0.15) is 0 Å². The molecule has 8 heteroatoms. The first-order valence-corrected chi connectivity index (χ1v) is 5.87. The standard InChI is InChI=1S/C10H16N4O4/c1-11-12-6-4-8(15)13-5-2-3-7(9(16)17)14(13)10(12)18/h7,11H,2-6H2,1H3,(H,16,17)/t7-/m0/s1. The number of hydrogen-bond donors (Lipinski definition) is 2. The zero-order chi connectivity index (χ0) is 13.3. The molecule has 2 fully saturated rings. The van der Waals surface area contributed by atoms with Gasteiger partial charge in [-0.25, -0.2) is 25.0 Å². The lowest BCUT2D eigenvalue weighted by atomic mass is 10.1. The summed E-state index contributed by atoms with van der Waals surface area (Å²) in [5, 5.41) is 12.8. The van der Waals surface area contributed by atoms with Crippen molar-refractivity contribution >= 4 is 17.9 Å². The molecule has 2 N–H and O–H groups in total. The monoisotopic (exact) mass is 256 g/mol. The third-order valence-electron chi connectivity index (χ3n) is 3.22. The number of fused-ring (bicyclic) bond motifs is 1. The van der Waals surface area contributed by atoms with Gasteiger partial charge in [0.25, 0.3) is 0 Å². The third-order valence-corrected chi connectivity index (χ3v) is 3.22. The molecule has 3 amide bonds. The molecule has 2 rings (SSSR count). The molecule has 0 aromatic carbocycles. The van der Waals surface area contributed by atoms with Crippen molar-refractivity contribution in [2.24, 2.45) is 0 Å². The maximum Gasteiger partial charge on any atom is 0.354 e. The van der Waals surface area contributed by atoms with Crippen LogP contribution in [0.1, 0.15) is 19.3 Å². The predicted molar refractivity (Wildman–Crippen MR) is 60.0 cm³/mol. The van der Waals surface area contributed by atoms with Gasteiger partial charge >= 0.3 is 12.0 Å². The van der Waals surface area contributed by atoms with Gasteiger partial charge in [0.15, 0.2) is 6.04 Å². The number of nitrogens with one attached hydrogen (secondary N) is 1. The molecular formula is C10H16N4O4. The molecular weight excluding hydrogens is 240 g/mol. The minimum absolute atomic E-state index is 0.190. The fourth-order valence-electron chi connectivity index (χ4n) is 2.31. The third kappa shape index (κ3) is 1.99. The minimum Gasteiger partial charge on any atom is -0.480 e. The first-order valence-electron chi connectivity index (χ1n) is 5.87. The summed E-state index contributed by atoms with van der Waals surface area (Å²) in [5.41, 5.74) is 2.68. The van der Waals surface area contributed by atoms with Gasteiger partial charge in [0.05, 0.1) is 0 Å². The van der Waals surface area contributed by atoms with Gasteiger partial charge in [-0.1, -0.05) is 0 Å². The lowest BCUT2D eigenvalue weighted by Gasteiger charge is -2.41. The van der Waals surface area contributed by atoms with E-state index in [4.69, 9.17) is 5.11 Å². The van der Waals surface area contributed by atoms with E-state index in [2.05, 4.69) is 5.43 Å². The molecule has 1 atom stereocenters. The lowest BCUT2D eigenvalue weighted by Crippen LogP contribution is -2.62. The van der Waals surface area contributed by atoms with Crippen LogP contribution in [0.2, 0.25) is 0 Å². The Morgan fingerprint density at radius 2 is 2.11 bits per heavy atom. The SMILES string of the molecule is CNN1CCC(=O)N2CCC[C@@H](C(=O)O)N2C1=O. The zero-order valence-electron chi connectivity index (χ0n) is 10.1. The van der Waals surface area contributed by atoms with Gasteiger partial charge in [0.2, 0.25) is 5.91 Å². The molecule has 0 radical (unpaired) electrons. The van der Waals surface area contributed by atoms with Crippen molar-refractivity contribution in [1.82, 2.24) is 20.5 Å². The number of hydrazine groups is 2. The molecule has 0 aromatic heterocycles. The van der Waals surface area contributed by atoms with E-state index in [0.29, 0.717) is 19.4 Å². The van der Waals surface area contributed by atoms with E-state index in [1.54, 1.807) is 7.05 Å². The number of nitrogens with zero attached hydrogens (tertiary/aromatic N) is 3. The number of carboxylic acid groups (broad SMARTS) is 1. The fraction of sp³-hybridized carbons (Fsp3) is 0.700. The fourth-order valence-corrected chi connectivity index (χ4v) is 2.31. The highest BCUT2D eigenvalue weighted by molar-refractivity contribution is 5.88. The van der Waals surface area contributed by atoms with Crippen LogP contribution >= 0.6 is 0 Å². The molecule has 18 heavy (non-hydrogen) atoms. The van der Waals surface area contributed by atoms with E-state index in [-0.39, 0.29) is 18.9 Å². The van der Waals surface area contributed by atoms with Crippen molar-refractivity contribution in [3.05, 3.63) is 0 Å². The van der Waals surface area contributed by atoms with Crippen LogP contribution in [0, 0.1) is 0 Å². The zero-order valence-corrected chi connectivity index (χ0v) is 10.1. The van der Waals surface area contributed by atoms with Gasteiger partial charge in [-0.15, -0.1) is 0 Å². The summed E-state index contributed by atoms with van der Waals surface area (Å²) in [6, 6.07) is -1.46. The quantitative estimate of drug-likeness (QED) is 0.677. The van der Waals surface area contributed by atoms with Crippen molar-refractivity contribution in [3.63, 3.8) is 0 Å². The normalized spacial score (nSPS) is 24.9. The number of amides is 3. The van der Waals surface area contributed by atoms with Gasteiger partial charge < -0.3 is 5.11 Å². The second-order valence-electron chi connectivity index (χ2n) is 4.27. The maximum absolute atomic E-state index is 12.2. The summed E-state index contributed by atoms with van der Waals surface area (Å²) < 4.78 is 0. The maximum atomic E-state index is 12.2. The largest absolute Gasteiger partial charge is 0.480 e. The van der Waals surface area contributed by atoms with Gasteiger partial charge in [0, 0.05) is 26.6 Å². The Hall–Kier alpha value is -1.83. The summed E-state index contributed by atoms with van der Waals surface area (Å²) in [5.74, 6) is -1.30. The Morgan fingerprint density at radius 3 is 2.72 bits per heavy atom. The molecule has 0 aliphatic carbocycles. The number of carbonyl (C=O) groups excluding carboxylic acids is 2. The van der Waals surface area contributed by atoms with Crippen LogP contribution in [0.25, 0.3) is 0 Å². The molecule has 100 valence electrons. The number of aliphatic carboxylic acids is 1. The van der Waals surface area contributed by atoms with E-state index in [0.717, 1.165) is 5.01 Å². The molecule has 2 saturated heterocycles. The number of hydrogen-bond acceptors (Lipinski definition) is 4. The number of carbonyl (C=O) groups is 3. The summed E-state index contributed by atoms with van der Waals surface area (Å²) in [6.07, 6.45) is 1.14. The van der Waals surface area contributed by atoms with Crippen molar-refractivity contribution in [2.45, 2.75) is 25.3 Å².